The molecule has 0 atom stereocenters. The van der Waals surface area contributed by atoms with E-state index >= 15 is 0 Å². The molecule has 2 nitrogen and oxygen atoms in total. The van der Waals surface area contributed by atoms with Crippen molar-refractivity contribution in [3.8, 4) is 55.6 Å². The van der Waals surface area contributed by atoms with E-state index < -0.39 is 0 Å². The summed E-state index contributed by atoms with van der Waals surface area (Å²) in [5.74, 6) is 0. The topological polar surface area (TPSA) is 6.48 Å². The summed E-state index contributed by atoms with van der Waals surface area (Å²) in [5.41, 5.74) is 19.1. The summed E-state index contributed by atoms with van der Waals surface area (Å²) in [7, 11) is 0. The van der Waals surface area contributed by atoms with Gasteiger partial charge in [-0.3, -0.25) is 0 Å². The first kappa shape index (κ1) is 37.3. The minimum absolute atomic E-state index is 1.09. The lowest BCUT2D eigenvalue weighted by atomic mass is 9.99. The number of hydrogen-bond donors (Lipinski definition) is 0. The van der Waals surface area contributed by atoms with Crippen molar-refractivity contribution in [3.63, 3.8) is 0 Å². The Balaban J connectivity index is 0.916. The first-order chi connectivity index (χ1) is 31.7. The van der Waals surface area contributed by atoms with Crippen LogP contribution in [0.5, 0.6) is 0 Å². The average Bonchev–Trinajstić information content (AvgIpc) is 3.71. The summed E-state index contributed by atoms with van der Waals surface area (Å²) in [4.78, 5) is 4.79. The molecule has 1 aliphatic carbocycles. The van der Waals surface area contributed by atoms with E-state index in [0.29, 0.717) is 0 Å². The molecule has 12 rings (SSSR count). The van der Waals surface area contributed by atoms with Crippen LogP contribution in [0, 0.1) is 0 Å². The predicted octanol–water partition coefficient (Wildman–Crippen LogP) is 17.6. The third-order valence-electron chi connectivity index (χ3n) is 12.8. The van der Waals surface area contributed by atoms with Gasteiger partial charge in [-0.15, -0.1) is 0 Å². The number of nitrogens with zero attached hydrogens (tertiary/aromatic N) is 2. The molecule has 0 aliphatic heterocycles. The minimum Gasteiger partial charge on any atom is -0.311 e. The Morgan fingerprint density at radius 2 is 0.562 bits per heavy atom. The highest BCUT2D eigenvalue weighted by atomic mass is 15.1. The maximum absolute atomic E-state index is 2.45. The lowest BCUT2D eigenvalue weighted by molar-refractivity contribution is 1.28. The molecule has 2 heteroatoms. The van der Waals surface area contributed by atoms with Crippen LogP contribution in [0.2, 0.25) is 0 Å². The fraction of sp³-hybridized carbons (Fsp3) is 0. The predicted molar refractivity (Wildman–Crippen MR) is 272 cm³/mol. The molecule has 300 valence electrons. The van der Waals surface area contributed by atoms with Gasteiger partial charge in [0.25, 0.3) is 0 Å². The Bertz CT molecular complexity index is 3330. The van der Waals surface area contributed by atoms with E-state index in [9.17, 15) is 0 Å². The van der Waals surface area contributed by atoms with Crippen molar-refractivity contribution in [3.05, 3.63) is 255 Å². The van der Waals surface area contributed by atoms with Gasteiger partial charge in [0.05, 0.1) is 11.4 Å². The summed E-state index contributed by atoms with van der Waals surface area (Å²) < 4.78 is 0. The Morgan fingerprint density at radius 1 is 0.203 bits per heavy atom. The average molecular weight is 815 g/mol. The summed E-state index contributed by atoms with van der Waals surface area (Å²) in [6, 6.07) is 92.5. The molecule has 0 spiro atoms. The van der Waals surface area contributed by atoms with Gasteiger partial charge >= 0.3 is 0 Å². The Hall–Kier alpha value is -8.46. The molecule has 64 heavy (non-hydrogen) atoms. The minimum atomic E-state index is 1.09. The van der Waals surface area contributed by atoms with Crippen LogP contribution in [-0.4, -0.2) is 0 Å². The van der Waals surface area contributed by atoms with Gasteiger partial charge in [0.2, 0.25) is 0 Å². The van der Waals surface area contributed by atoms with Gasteiger partial charge in [0.1, 0.15) is 0 Å². The SMILES string of the molecule is c1ccc(-c2ccc(N(c3ccc(-c4ccccc4)cc3)c3ccc(-c4ccc(N(c5cccc6ccccc56)c5ccc6c7c(cccc57)-c5ccccc5-6)cc4)cc3)cc2)cc1. The van der Waals surface area contributed by atoms with E-state index in [-0.39, 0.29) is 0 Å². The molecule has 0 saturated carbocycles. The molecule has 0 heterocycles. The standard InChI is InChI=1S/C62H42N2/c1-3-13-43(14-4-1)45-25-33-50(34-26-45)63(51-35-27-46(28-36-51)44-15-5-2-6-16-44)52-37-29-47(30-38-52)48-31-39-53(40-32-48)64(60-24-11-18-49-17-7-8-19-54(49)60)61-42-41-58-56-21-10-9-20-55(56)57-22-12-23-59(61)62(57)58/h1-42H. The highest BCUT2D eigenvalue weighted by Gasteiger charge is 2.25. The molecular formula is C62H42N2. The smallest absolute Gasteiger partial charge is 0.0540 e. The number of hydrogen-bond acceptors (Lipinski definition) is 2. The largest absolute Gasteiger partial charge is 0.311 e. The molecular weight excluding hydrogens is 773 g/mol. The molecule has 1 aliphatic rings. The Kier molecular flexibility index (Phi) is 9.20. The van der Waals surface area contributed by atoms with Crippen LogP contribution in [0.4, 0.5) is 34.1 Å². The quantitative estimate of drug-likeness (QED) is 0.143. The van der Waals surface area contributed by atoms with Gasteiger partial charge in [-0.2, -0.15) is 0 Å². The summed E-state index contributed by atoms with van der Waals surface area (Å²) >= 11 is 0. The van der Waals surface area contributed by atoms with Crippen molar-refractivity contribution in [2.75, 3.05) is 9.80 Å². The maximum atomic E-state index is 2.45. The van der Waals surface area contributed by atoms with Crippen LogP contribution >= 0.6 is 0 Å². The fourth-order valence-electron chi connectivity index (χ4n) is 9.72. The molecule has 0 saturated heterocycles. The second kappa shape index (κ2) is 15.8. The first-order valence-electron chi connectivity index (χ1n) is 22.0. The lowest BCUT2D eigenvalue weighted by Gasteiger charge is -2.28. The van der Waals surface area contributed by atoms with Gasteiger partial charge in [-0.25, -0.2) is 0 Å². The number of anilines is 6. The van der Waals surface area contributed by atoms with Crippen LogP contribution < -0.4 is 9.80 Å². The highest BCUT2D eigenvalue weighted by Crippen LogP contribution is 2.51. The van der Waals surface area contributed by atoms with Gasteiger partial charge in [0.15, 0.2) is 0 Å². The molecule has 0 unspecified atom stereocenters. The van der Waals surface area contributed by atoms with Crippen molar-refractivity contribution in [2.24, 2.45) is 0 Å². The van der Waals surface area contributed by atoms with Gasteiger partial charge in [0, 0.05) is 33.5 Å². The zero-order valence-electron chi connectivity index (χ0n) is 35.1. The van der Waals surface area contributed by atoms with Gasteiger partial charge in [-0.1, -0.05) is 194 Å². The van der Waals surface area contributed by atoms with Crippen LogP contribution in [0.1, 0.15) is 0 Å². The molecule has 11 aromatic rings. The third kappa shape index (κ3) is 6.52. The molecule has 0 amide bonds. The number of rotatable bonds is 9. The molecule has 0 N–H and O–H groups in total. The van der Waals surface area contributed by atoms with Crippen molar-refractivity contribution < 1.29 is 0 Å². The second-order valence-electron chi connectivity index (χ2n) is 16.5. The Labute approximate surface area is 374 Å². The monoisotopic (exact) mass is 814 g/mol. The van der Waals surface area contributed by atoms with E-state index in [1.807, 2.05) is 0 Å². The van der Waals surface area contributed by atoms with Crippen molar-refractivity contribution in [2.45, 2.75) is 0 Å². The van der Waals surface area contributed by atoms with Crippen molar-refractivity contribution in [1.29, 1.82) is 0 Å². The number of benzene rings is 11. The first-order valence-corrected chi connectivity index (χ1v) is 22.0. The third-order valence-corrected chi connectivity index (χ3v) is 12.8. The maximum Gasteiger partial charge on any atom is 0.0540 e. The normalized spacial score (nSPS) is 11.4. The van der Waals surface area contributed by atoms with E-state index in [4.69, 9.17) is 0 Å². The Morgan fingerprint density at radius 3 is 1.09 bits per heavy atom. The molecule has 0 bridgehead atoms. The molecule has 0 radical (unpaired) electrons. The van der Waals surface area contributed by atoms with E-state index in [2.05, 4.69) is 265 Å². The summed E-state index contributed by atoms with van der Waals surface area (Å²) in [6.07, 6.45) is 0. The lowest BCUT2D eigenvalue weighted by Crippen LogP contribution is -2.11. The van der Waals surface area contributed by atoms with E-state index in [0.717, 1.165) is 45.3 Å². The van der Waals surface area contributed by atoms with Crippen molar-refractivity contribution in [1.82, 2.24) is 0 Å². The number of fused-ring (bicyclic) bond motifs is 4. The molecule has 11 aromatic carbocycles. The van der Waals surface area contributed by atoms with E-state index in [1.54, 1.807) is 0 Å². The van der Waals surface area contributed by atoms with Crippen molar-refractivity contribution >= 4 is 55.7 Å². The fourth-order valence-corrected chi connectivity index (χ4v) is 9.72. The zero-order valence-corrected chi connectivity index (χ0v) is 35.1. The van der Waals surface area contributed by atoms with E-state index in [1.165, 1.54) is 66.1 Å². The summed E-state index contributed by atoms with van der Waals surface area (Å²) in [6.45, 7) is 0. The molecule has 0 fully saturated rings. The van der Waals surface area contributed by atoms with Gasteiger partial charge in [-0.05, 0) is 127 Å². The second-order valence-corrected chi connectivity index (χ2v) is 16.5. The zero-order chi connectivity index (χ0) is 42.4. The van der Waals surface area contributed by atoms with Crippen LogP contribution in [0.25, 0.3) is 77.2 Å². The van der Waals surface area contributed by atoms with Crippen LogP contribution in [-0.2, 0) is 0 Å². The van der Waals surface area contributed by atoms with Gasteiger partial charge < -0.3 is 9.80 Å². The molecule has 0 aromatic heterocycles. The highest BCUT2D eigenvalue weighted by molar-refractivity contribution is 6.19. The van der Waals surface area contributed by atoms with Crippen LogP contribution in [0.15, 0.2) is 255 Å². The van der Waals surface area contributed by atoms with Crippen LogP contribution in [0.3, 0.4) is 0 Å². The summed E-state index contributed by atoms with van der Waals surface area (Å²) in [5, 5.41) is 4.99.